The summed E-state index contributed by atoms with van der Waals surface area (Å²) in [4.78, 5) is 30.1. The molecule has 1 aliphatic carbocycles. The second-order valence-electron chi connectivity index (χ2n) is 7.31. The van der Waals surface area contributed by atoms with Gasteiger partial charge in [0.15, 0.2) is 0 Å². The van der Waals surface area contributed by atoms with Crippen molar-refractivity contribution in [2.45, 2.75) is 43.9 Å². The molecule has 3 aliphatic rings. The van der Waals surface area contributed by atoms with Gasteiger partial charge in [-0.05, 0) is 37.8 Å². The van der Waals surface area contributed by atoms with Crippen LogP contribution in [0.1, 0.15) is 42.5 Å². The van der Waals surface area contributed by atoms with Crippen molar-refractivity contribution in [3.05, 3.63) is 35.9 Å². The molecule has 1 atom stereocenters. The van der Waals surface area contributed by atoms with E-state index in [1.165, 1.54) is 0 Å². The largest absolute Gasteiger partial charge is 0.378 e. The molecule has 0 aromatic heterocycles. The van der Waals surface area contributed by atoms with E-state index in [0.29, 0.717) is 31.9 Å². The number of rotatable bonds is 2. The van der Waals surface area contributed by atoms with Crippen molar-refractivity contribution in [1.82, 2.24) is 9.80 Å². The summed E-state index contributed by atoms with van der Waals surface area (Å²) in [6.07, 6.45) is 4.81. The molecule has 1 aromatic rings. The molecule has 0 bridgehead atoms. The first-order valence-electron chi connectivity index (χ1n) is 9.60. The Morgan fingerprint density at radius 2 is 1.69 bits per heavy atom. The number of hydrogen-bond acceptors (Lipinski definition) is 4. The normalized spacial score (nSPS) is 25.5. The van der Waals surface area contributed by atoms with Crippen LogP contribution in [0, 0.1) is 0 Å². The summed E-state index contributed by atoms with van der Waals surface area (Å²) >= 11 is 0. The first-order valence-corrected chi connectivity index (χ1v) is 9.60. The Kier molecular flexibility index (Phi) is 4.96. The first kappa shape index (κ1) is 17.5. The van der Waals surface area contributed by atoms with Crippen LogP contribution in [0.4, 0.5) is 0 Å². The van der Waals surface area contributed by atoms with Gasteiger partial charge in [-0.3, -0.25) is 14.5 Å². The zero-order chi connectivity index (χ0) is 18.0. The minimum atomic E-state index is -0.627. The molecule has 1 aromatic carbocycles. The summed E-state index contributed by atoms with van der Waals surface area (Å²) in [5.41, 5.74) is -0.0136. The van der Waals surface area contributed by atoms with Gasteiger partial charge in [-0.1, -0.05) is 24.6 Å². The Labute approximate surface area is 154 Å². The predicted molar refractivity (Wildman–Crippen MR) is 95.6 cm³/mol. The zero-order valence-corrected chi connectivity index (χ0v) is 15.1. The highest BCUT2D eigenvalue weighted by Gasteiger charge is 2.53. The lowest BCUT2D eigenvalue weighted by molar-refractivity contribution is -0.141. The molecule has 1 unspecified atom stereocenters. The molecule has 1 spiro atoms. The van der Waals surface area contributed by atoms with Crippen LogP contribution in [0.5, 0.6) is 0 Å². The van der Waals surface area contributed by atoms with E-state index < -0.39 is 11.8 Å². The van der Waals surface area contributed by atoms with Gasteiger partial charge in [0.1, 0.15) is 11.8 Å². The van der Waals surface area contributed by atoms with E-state index in [2.05, 4.69) is 0 Å². The van der Waals surface area contributed by atoms with Crippen LogP contribution in [0.3, 0.4) is 0 Å². The third-order valence-corrected chi connectivity index (χ3v) is 5.74. The molecule has 26 heavy (non-hydrogen) atoms. The van der Waals surface area contributed by atoms with Gasteiger partial charge < -0.3 is 14.4 Å². The molecule has 4 rings (SSSR count). The van der Waals surface area contributed by atoms with Gasteiger partial charge in [0.05, 0.1) is 19.8 Å². The highest BCUT2D eigenvalue weighted by Crippen LogP contribution is 2.41. The standard InChI is InChI=1S/C20H26N2O4/c23-18(16-7-3-1-4-8-16)22-17(19(24)21-11-13-25-14-12-21)15-26-20(22)9-5-2-6-10-20/h1,3-4,7-8,17H,2,5-6,9-15H2. The number of morpholine rings is 1. The fourth-order valence-electron chi connectivity index (χ4n) is 4.37. The van der Waals surface area contributed by atoms with Crippen LogP contribution >= 0.6 is 0 Å². The molecule has 1 saturated carbocycles. The minimum Gasteiger partial charge on any atom is -0.378 e. The van der Waals surface area contributed by atoms with E-state index in [4.69, 9.17) is 9.47 Å². The number of carbonyl (C=O) groups excluding carboxylic acids is 2. The average molecular weight is 358 g/mol. The van der Waals surface area contributed by atoms with Crippen molar-refractivity contribution >= 4 is 11.8 Å². The quantitative estimate of drug-likeness (QED) is 0.812. The van der Waals surface area contributed by atoms with Crippen LogP contribution in [-0.4, -0.2) is 66.3 Å². The highest BCUT2D eigenvalue weighted by atomic mass is 16.5. The van der Waals surface area contributed by atoms with E-state index in [9.17, 15) is 9.59 Å². The topological polar surface area (TPSA) is 59.1 Å². The monoisotopic (exact) mass is 358 g/mol. The Hall–Kier alpha value is -1.92. The van der Waals surface area contributed by atoms with Gasteiger partial charge in [0.25, 0.3) is 5.91 Å². The smallest absolute Gasteiger partial charge is 0.256 e. The number of benzene rings is 1. The molecule has 6 heteroatoms. The van der Waals surface area contributed by atoms with Crippen LogP contribution < -0.4 is 0 Å². The van der Waals surface area contributed by atoms with Gasteiger partial charge >= 0.3 is 0 Å². The molecule has 3 fully saturated rings. The first-order chi connectivity index (χ1) is 12.7. The van der Waals surface area contributed by atoms with Crippen molar-refractivity contribution in [3.8, 4) is 0 Å². The lowest BCUT2D eigenvalue weighted by atomic mass is 9.89. The zero-order valence-electron chi connectivity index (χ0n) is 15.1. The van der Waals surface area contributed by atoms with Crippen molar-refractivity contribution in [2.24, 2.45) is 0 Å². The van der Waals surface area contributed by atoms with Crippen LogP contribution in [-0.2, 0) is 14.3 Å². The van der Waals surface area contributed by atoms with E-state index in [1.54, 1.807) is 4.90 Å². The van der Waals surface area contributed by atoms with Crippen molar-refractivity contribution < 1.29 is 19.1 Å². The van der Waals surface area contributed by atoms with Gasteiger partial charge in [-0.15, -0.1) is 0 Å². The molecule has 2 aliphatic heterocycles. The van der Waals surface area contributed by atoms with Crippen LogP contribution in [0.15, 0.2) is 30.3 Å². The van der Waals surface area contributed by atoms with Crippen LogP contribution in [0.25, 0.3) is 0 Å². The Morgan fingerprint density at radius 3 is 2.38 bits per heavy atom. The van der Waals surface area contributed by atoms with Gasteiger partial charge in [-0.25, -0.2) is 0 Å². The summed E-state index contributed by atoms with van der Waals surface area (Å²) in [5, 5.41) is 0. The van der Waals surface area contributed by atoms with E-state index in [0.717, 1.165) is 32.1 Å². The second-order valence-corrected chi connectivity index (χ2v) is 7.31. The van der Waals surface area contributed by atoms with E-state index in [1.807, 2.05) is 35.2 Å². The lowest BCUT2D eigenvalue weighted by Crippen LogP contribution is -2.58. The summed E-state index contributed by atoms with van der Waals surface area (Å²) in [6.45, 7) is 2.55. The van der Waals surface area contributed by atoms with E-state index >= 15 is 0 Å². The summed E-state index contributed by atoms with van der Waals surface area (Å²) < 4.78 is 11.5. The number of carbonyl (C=O) groups is 2. The third kappa shape index (κ3) is 3.12. The van der Waals surface area contributed by atoms with Crippen molar-refractivity contribution in [3.63, 3.8) is 0 Å². The number of hydrogen-bond donors (Lipinski definition) is 0. The molecule has 0 radical (unpaired) electrons. The molecule has 0 N–H and O–H groups in total. The molecule has 2 heterocycles. The maximum Gasteiger partial charge on any atom is 0.256 e. The number of ether oxygens (including phenoxy) is 2. The van der Waals surface area contributed by atoms with E-state index in [-0.39, 0.29) is 18.4 Å². The lowest BCUT2D eigenvalue weighted by Gasteiger charge is -2.42. The molecule has 140 valence electrons. The molecular formula is C20H26N2O4. The molecule has 6 nitrogen and oxygen atoms in total. The van der Waals surface area contributed by atoms with Gasteiger partial charge in [-0.2, -0.15) is 0 Å². The third-order valence-electron chi connectivity index (χ3n) is 5.74. The van der Waals surface area contributed by atoms with Gasteiger partial charge in [0.2, 0.25) is 5.91 Å². The second kappa shape index (κ2) is 7.37. The summed E-state index contributed by atoms with van der Waals surface area (Å²) in [6, 6.07) is 8.69. The fourth-order valence-corrected chi connectivity index (χ4v) is 4.37. The molecular weight excluding hydrogens is 332 g/mol. The Morgan fingerprint density at radius 1 is 1.00 bits per heavy atom. The Bertz CT molecular complexity index is 651. The van der Waals surface area contributed by atoms with Gasteiger partial charge in [0, 0.05) is 18.7 Å². The fraction of sp³-hybridized carbons (Fsp3) is 0.600. The predicted octanol–water partition coefficient (Wildman–Crippen LogP) is 2.05. The molecule has 2 amide bonds. The molecule has 2 saturated heterocycles. The number of amides is 2. The number of nitrogens with zero attached hydrogens (tertiary/aromatic N) is 2. The SMILES string of the molecule is O=C(C1COC2(CCCCC2)N1C(=O)c1ccccc1)N1CCOCC1. The summed E-state index contributed by atoms with van der Waals surface area (Å²) in [7, 11) is 0. The maximum atomic E-state index is 13.4. The Balaban J connectivity index is 1.64. The maximum absolute atomic E-state index is 13.4. The average Bonchev–Trinajstić information content (AvgIpc) is 3.07. The minimum absolute atomic E-state index is 0.0139. The van der Waals surface area contributed by atoms with Crippen molar-refractivity contribution in [1.29, 1.82) is 0 Å². The van der Waals surface area contributed by atoms with Crippen LogP contribution in [0.2, 0.25) is 0 Å². The summed E-state index contributed by atoms with van der Waals surface area (Å²) in [5.74, 6) is -0.114. The highest BCUT2D eigenvalue weighted by molar-refractivity contribution is 5.98. The van der Waals surface area contributed by atoms with Crippen molar-refractivity contribution in [2.75, 3.05) is 32.9 Å².